The number of anilines is 1. The highest BCUT2D eigenvalue weighted by Crippen LogP contribution is 2.24. The van der Waals surface area contributed by atoms with E-state index in [0.717, 1.165) is 42.9 Å². The molecule has 1 saturated heterocycles. The van der Waals surface area contributed by atoms with Crippen LogP contribution < -0.4 is 15.5 Å². The van der Waals surface area contributed by atoms with Gasteiger partial charge in [-0.1, -0.05) is 6.07 Å². The molecule has 3 rings (SSSR count). The van der Waals surface area contributed by atoms with Crippen LogP contribution in [0.4, 0.5) is 5.82 Å². The molecular formula is C20H31IN6O. The van der Waals surface area contributed by atoms with Crippen molar-refractivity contribution in [1.82, 2.24) is 20.5 Å². The highest BCUT2D eigenvalue weighted by atomic mass is 127. The van der Waals surface area contributed by atoms with Gasteiger partial charge in [0.15, 0.2) is 5.96 Å². The highest BCUT2D eigenvalue weighted by molar-refractivity contribution is 14.0. The number of likely N-dealkylation sites (tertiary alicyclic amines) is 1. The van der Waals surface area contributed by atoms with Gasteiger partial charge in [-0.05, 0) is 50.2 Å². The fourth-order valence-electron chi connectivity index (χ4n) is 3.35. The number of aromatic nitrogens is 1. The zero-order valence-electron chi connectivity index (χ0n) is 16.9. The number of hydrogen-bond acceptors (Lipinski definition) is 5. The third kappa shape index (κ3) is 6.10. The minimum absolute atomic E-state index is 0. The van der Waals surface area contributed by atoms with Crippen LogP contribution in [0.1, 0.15) is 30.3 Å². The fourth-order valence-corrected chi connectivity index (χ4v) is 3.35. The second-order valence-electron chi connectivity index (χ2n) is 6.96. The van der Waals surface area contributed by atoms with Gasteiger partial charge in [-0.25, -0.2) is 4.98 Å². The number of furan rings is 1. The third-order valence-corrected chi connectivity index (χ3v) is 4.83. The van der Waals surface area contributed by atoms with Gasteiger partial charge in [0, 0.05) is 27.7 Å². The normalized spacial score (nSPS) is 15.8. The monoisotopic (exact) mass is 498 g/mol. The van der Waals surface area contributed by atoms with Gasteiger partial charge >= 0.3 is 0 Å². The van der Waals surface area contributed by atoms with Crippen molar-refractivity contribution in [3.05, 3.63) is 48.0 Å². The lowest BCUT2D eigenvalue weighted by Gasteiger charge is -2.26. The number of nitrogens with one attached hydrogen (secondary N) is 2. The Morgan fingerprint density at radius 1 is 1.21 bits per heavy atom. The van der Waals surface area contributed by atoms with Crippen molar-refractivity contribution in [2.75, 3.05) is 45.7 Å². The van der Waals surface area contributed by atoms with Crippen LogP contribution >= 0.6 is 24.0 Å². The van der Waals surface area contributed by atoms with Gasteiger partial charge in [0.1, 0.15) is 11.6 Å². The average Bonchev–Trinajstić information content (AvgIpc) is 3.39. The molecule has 1 aliphatic rings. The zero-order chi connectivity index (χ0) is 19.1. The van der Waals surface area contributed by atoms with E-state index in [-0.39, 0.29) is 30.0 Å². The van der Waals surface area contributed by atoms with E-state index in [1.807, 2.05) is 43.3 Å². The number of rotatable bonds is 7. The molecule has 7 nitrogen and oxygen atoms in total. The molecule has 2 N–H and O–H groups in total. The topological polar surface area (TPSA) is 68.9 Å². The summed E-state index contributed by atoms with van der Waals surface area (Å²) in [7, 11) is 5.77. The second kappa shape index (κ2) is 11.3. The first-order chi connectivity index (χ1) is 13.2. The standard InChI is InChI=1S/C20H30N6O.HI/c1-21-20(22-14-16-8-6-10-19(24-16)25(2)3)23-15-17(18-9-7-13-27-18)26-11-4-5-12-26;/h6-10,13,17H,4-5,11-12,14-15H2,1-3H3,(H2,21,22,23);1H. The lowest BCUT2D eigenvalue weighted by atomic mass is 10.2. The van der Waals surface area contributed by atoms with E-state index in [1.54, 1.807) is 13.3 Å². The molecule has 1 aliphatic heterocycles. The van der Waals surface area contributed by atoms with Crippen LogP contribution in [0.5, 0.6) is 0 Å². The molecule has 0 bridgehead atoms. The molecule has 0 aromatic carbocycles. The van der Waals surface area contributed by atoms with Crippen LogP contribution in [0, 0.1) is 0 Å². The van der Waals surface area contributed by atoms with E-state index in [1.165, 1.54) is 12.8 Å². The van der Waals surface area contributed by atoms with E-state index in [4.69, 9.17) is 4.42 Å². The van der Waals surface area contributed by atoms with Gasteiger partial charge in [-0.3, -0.25) is 9.89 Å². The van der Waals surface area contributed by atoms with Crippen molar-refractivity contribution in [2.45, 2.75) is 25.4 Å². The van der Waals surface area contributed by atoms with Gasteiger partial charge in [0.25, 0.3) is 0 Å². The van der Waals surface area contributed by atoms with E-state index in [2.05, 4.69) is 31.6 Å². The smallest absolute Gasteiger partial charge is 0.191 e. The minimum atomic E-state index is 0. The maximum Gasteiger partial charge on any atom is 0.191 e. The van der Waals surface area contributed by atoms with Crippen molar-refractivity contribution in [3.63, 3.8) is 0 Å². The Balaban J connectivity index is 0.00000280. The molecule has 8 heteroatoms. The van der Waals surface area contributed by atoms with Crippen LogP contribution in [0.15, 0.2) is 46.0 Å². The molecule has 0 amide bonds. The Morgan fingerprint density at radius 2 is 2.00 bits per heavy atom. The first-order valence-electron chi connectivity index (χ1n) is 9.52. The predicted octanol–water partition coefficient (Wildman–Crippen LogP) is 2.86. The Bertz CT molecular complexity index is 728. The summed E-state index contributed by atoms with van der Waals surface area (Å²) in [4.78, 5) is 13.5. The molecule has 154 valence electrons. The fraction of sp³-hybridized carbons (Fsp3) is 0.500. The Hall–Kier alpha value is -1.81. The summed E-state index contributed by atoms with van der Waals surface area (Å²) in [5.74, 6) is 2.71. The molecule has 2 aromatic heterocycles. The van der Waals surface area contributed by atoms with Gasteiger partial charge in [-0.2, -0.15) is 0 Å². The Labute approximate surface area is 184 Å². The Kier molecular flexibility index (Phi) is 9.04. The van der Waals surface area contributed by atoms with Crippen LogP contribution in [0.2, 0.25) is 0 Å². The summed E-state index contributed by atoms with van der Waals surface area (Å²) >= 11 is 0. The summed E-state index contributed by atoms with van der Waals surface area (Å²) in [5.41, 5.74) is 0.978. The predicted molar refractivity (Wildman–Crippen MR) is 124 cm³/mol. The van der Waals surface area contributed by atoms with Crippen LogP contribution in [0.3, 0.4) is 0 Å². The number of pyridine rings is 1. The quantitative estimate of drug-likeness (QED) is 0.348. The number of hydrogen-bond donors (Lipinski definition) is 2. The molecule has 0 aliphatic carbocycles. The SMILES string of the molecule is CN=C(NCc1cccc(N(C)C)n1)NCC(c1ccco1)N1CCCC1.I. The van der Waals surface area contributed by atoms with Crippen LogP contribution in [-0.4, -0.2) is 56.6 Å². The van der Waals surface area contributed by atoms with E-state index >= 15 is 0 Å². The van der Waals surface area contributed by atoms with Gasteiger partial charge < -0.3 is 20.0 Å². The Morgan fingerprint density at radius 3 is 2.64 bits per heavy atom. The van der Waals surface area contributed by atoms with E-state index in [0.29, 0.717) is 6.54 Å². The molecule has 0 radical (unpaired) electrons. The third-order valence-electron chi connectivity index (χ3n) is 4.83. The molecular weight excluding hydrogens is 467 g/mol. The first kappa shape index (κ1) is 22.5. The minimum Gasteiger partial charge on any atom is -0.468 e. The van der Waals surface area contributed by atoms with Crippen molar-refractivity contribution < 1.29 is 4.42 Å². The largest absolute Gasteiger partial charge is 0.468 e. The van der Waals surface area contributed by atoms with E-state index < -0.39 is 0 Å². The average molecular weight is 498 g/mol. The summed E-state index contributed by atoms with van der Waals surface area (Å²) < 4.78 is 5.68. The zero-order valence-corrected chi connectivity index (χ0v) is 19.2. The van der Waals surface area contributed by atoms with Crippen LogP contribution in [0.25, 0.3) is 0 Å². The lowest BCUT2D eigenvalue weighted by Crippen LogP contribution is -2.42. The summed E-state index contributed by atoms with van der Waals surface area (Å²) in [6, 6.07) is 10.3. The molecule has 0 saturated carbocycles. The van der Waals surface area contributed by atoms with Crippen molar-refractivity contribution in [2.24, 2.45) is 4.99 Å². The van der Waals surface area contributed by atoms with Gasteiger partial charge in [0.2, 0.25) is 0 Å². The molecule has 1 atom stereocenters. The second-order valence-corrected chi connectivity index (χ2v) is 6.96. The van der Waals surface area contributed by atoms with Gasteiger partial charge in [0.05, 0.1) is 24.5 Å². The van der Waals surface area contributed by atoms with Crippen molar-refractivity contribution in [3.8, 4) is 0 Å². The van der Waals surface area contributed by atoms with Crippen LogP contribution in [-0.2, 0) is 6.54 Å². The van der Waals surface area contributed by atoms with Crippen molar-refractivity contribution in [1.29, 1.82) is 0 Å². The van der Waals surface area contributed by atoms with Crippen molar-refractivity contribution >= 4 is 35.8 Å². The number of aliphatic imine (C=N–C) groups is 1. The summed E-state index contributed by atoms with van der Waals surface area (Å²) in [6.45, 7) is 3.59. The molecule has 3 heterocycles. The molecule has 2 aromatic rings. The molecule has 1 unspecified atom stereocenters. The summed E-state index contributed by atoms with van der Waals surface area (Å²) in [5, 5.41) is 6.79. The number of halogens is 1. The summed E-state index contributed by atoms with van der Waals surface area (Å²) in [6.07, 6.45) is 4.24. The first-order valence-corrected chi connectivity index (χ1v) is 9.52. The highest BCUT2D eigenvalue weighted by Gasteiger charge is 2.25. The molecule has 1 fully saturated rings. The van der Waals surface area contributed by atoms with E-state index in [9.17, 15) is 0 Å². The van der Waals surface area contributed by atoms with Gasteiger partial charge in [-0.15, -0.1) is 24.0 Å². The number of nitrogens with zero attached hydrogens (tertiary/aromatic N) is 4. The maximum atomic E-state index is 5.68. The maximum absolute atomic E-state index is 5.68. The lowest BCUT2D eigenvalue weighted by molar-refractivity contribution is 0.215. The number of guanidine groups is 1. The molecule has 28 heavy (non-hydrogen) atoms. The molecule has 0 spiro atoms.